The molecule has 100 valence electrons. The van der Waals surface area contributed by atoms with E-state index in [1.165, 1.54) is 24.3 Å². The summed E-state index contributed by atoms with van der Waals surface area (Å²) in [6.07, 6.45) is 5.81. The number of hydrogen-bond donors (Lipinski definition) is 2. The molecule has 4 heteroatoms. The molecule has 2 N–H and O–H groups in total. The van der Waals surface area contributed by atoms with Gasteiger partial charge >= 0.3 is 5.97 Å². The Balaban J connectivity index is 2.11. The minimum atomic E-state index is -0.995. The molecule has 0 spiro atoms. The van der Waals surface area contributed by atoms with Crippen LogP contribution in [0.4, 0.5) is 0 Å². The Hall–Kier alpha value is -2.10. The zero-order valence-corrected chi connectivity index (χ0v) is 10.7. The molecule has 1 aliphatic rings. The van der Waals surface area contributed by atoms with Crippen LogP contribution in [0.1, 0.15) is 46.4 Å². The first-order valence-electron chi connectivity index (χ1n) is 6.36. The average molecular weight is 259 g/mol. The van der Waals surface area contributed by atoms with E-state index >= 15 is 0 Å². The Morgan fingerprint density at radius 2 is 1.68 bits per heavy atom. The number of amides is 1. The van der Waals surface area contributed by atoms with Gasteiger partial charge < -0.3 is 10.4 Å². The molecule has 0 atom stereocenters. The molecule has 0 unspecified atom stereocenters. The van der Waals surface area contributed by atoms with Gasteiger partial charge in [0.15, 0.2) is 0 Å². The second-order valence-corrected chi connectivity index (χ2v) is 4.90. The zero-order valence-electron chi connectivity index (χ0n) is 10.7. The molecule has 0 radical (unpaired) electrons. The van der Waals surface area contributed by atoms with Crippen molar-refractivity contribution in [3.05, 3.63) is 48.0 Å². The summed E-state index contributed by atoms with van der Waals surface area (Å²) in [5.41, 5.74) is 0.344. The number of rotatable bonds is 4. The molecule has 4 nitrogen and oxygen atoms in total. The minimum absolute atomic E-state index is 0.177. The van der Waals surface area contributed by atoms with Crippen LogP contribution in [0.15, 0.2) is 36.9 Å². The van der Waals surface area contributed by atoms with Crippen LogP contribution in [0.25, 0.3) is 0 Å². The molecule has 0 heterocycles. The van der Waals surface area contributed by atoms with E-state index in [0.717, 1.165) is 25.7 Å². The third kappa shape index (κ3) is 2.84. The van der Waals surface area contributed by atoms with Crippen LogP contribution in [0, 0.1) is 0 Å². The van der Waals surface area contributed by atoms with Gasteiger partial charge in [-0.1, -0.05) is 18.9 Å². The summed E-state index contributed by atoms with van der Waals surface area (Å²) in [6, 6.07) is 5.94. The van der Waals surface area contributed by atoms with Crippen molar-refractivity contribution >= 4 is 11.9 Å². The first-order valence-corrected chi connectivity index (χ1v) is 6.36. The molecule has 1 saturated carbocycles. The summed E-state index contributed by atoms with van der Waals surface area (Å²) < 4.78 is 0. The maximum atomic E-state index is 12.1. The van der Waals surface area contributed by atoms with E-state index in [0.29, 0.717) is 5.56 Å². The molecule has 1 aromatic carbocycles. The lowest BCUT2D eigenvalue weighted by Gasteiger charge is -2.26. The van der Waals surface area contributed by atoms with Gasteiger partial charge in [-0.2, -0.15) is 0 Å². The summed E-state index contributed by atoms with van der Waals surface area (Å²) in [4.78, 5) is 22.9. The van der Waals surface area contributed by atoms with E-state index < -0.39 is 5.97 Å². The Morgan fingerprint density at radius 3 is 2.16 bits per heavy atom. The lowest BCUT2D eigenvalue weighted by molar-refractivity contribution is 0.0696. The van der Waals surface area contributed by atoms with Gasteiger partial charge in [0.25, 0.3) is 5.91 Å². The monoisotopic (exact) mass is 259 g/mol. The van der Waals surface area contributed by atoms with Gasteiger partial charge in [0, 0.05) is 5.56 Å². The fourth-order valence-corrected chi connectivity index (χ4v) is 2.45. The highest BCUT2D eigenvalue weighted by atomic mass is 16.4. The summed E-state index contributed by atoms with van der Waals surface area (Å²) in [5, 5.41) is 11.8. The van der Waals surface area contributed by atoms with Crippen LogP contribution in [-0.2, 0) is 0 Å². The Kier molecular flexibility index (Phi) is 3.69. The second kappa shape index (κ2) is 5.26. The van der Waals surface area contributed by atoms with E-state index in [1.807, 2.05) is 6.08 Å². The van der Waals surface area contributed by atoms with E-state index in [4.69, 9.17) is 5.11 Å². The van der Waals surface area contributed by atoms with Crippen molar-refractivity contribution in [3.8, 4) is 0 Å². The topological polar surface area (TPSA) is 66.4 Å². The number of nitrogens with one attached hydrogen (secondary N) is 1. The second-order valence-electron chi connectivity index (χ2n) is 4.90. The third-order valence-corrected chi connectivity index (χ3v) is 3.64. The van der Waals surface area contributed by atoms with Crippen LogP contribution in [0.3, 0.4) is 0 Å². The number of carbonyl (C=O) groups is 2. The summed E-state index contributed by atoms with van der Waals surface area (Å²) in [6.45, 7) is 3.81. The van der Waals surface area contributed by atoms with Gasteiger partial charge in [-0.25, -0.2) is 4.79 Å². The summed E-state index contributed by atoms with van der Waals surface area (Å²) in [5.74, 6) is -1.18. The van der Waals surface area contributed by atoms with Crippen molar-refractivity contribution in [1.29, 1.82) is 0 Å². The number of carbonyl (C=O) groups excluding carboxylic acids is 1. The predicted molar refractivity (Wildman–Crippen MR) is 72.3 cm³/mol. The van der Waals surface area contributed by atoms with Crippen molar-refractivity contribution in [1.82, 2.24) is 5.32 Å². The highest BCUT2D eigenvalue weighted by Crippen LogP contribution is 2.30. The van der Waals surface area contributed by atoms with Gasteiger partial charge in [-0.05, 0) is 37.1 Å². The Bertz CT molecular complexity index is 499. The molecule has 2 rings (SSSR count). The lowest BCUT2D eigenvalue weighted by atomic mass is 9.97. The molecule has 1 fully saturated rings. The molecule has 0 saturated heterocycles. The molecule has 0 bridgehead atoms. The van der Waals surface area contributed by atoms with E-state index in [2.05, 4.69) is 11.9 Å². The van der Waals surface area contributed by atoms with Crippen LogP contribution < -0.4 is 5.32 Å². The van der Waals surface area contributed by atoms with Crippen molar-refractivity contribution in [2.24, 2.45) is 0 Å². The number of benzene rings is 1. The maximum Gasteiger partial charge on any atom is 0.335 e. The number of carboxylic acid groups (broad SMARTS) is 1. The standard InChI is InChI=1S/C15H17NO3/c1-2-15(9-3-4-10-15)16-13(17)11-5-7-12(8-6-11)14(18)19/h2,5-8H,1,3-4,9-10H2,(H,16,17)(H,18,19). The van der Waals surface area contributed by atoms with Gasteiger partial charge in [0.2, 0.25) is 0 Å². The third-order valence-electron chi connectivity index (χ3n) is 3.64. The SMILES string of the molecule is C=CC1(NC(=O)c2ccc(C(=O)O)cc2)CCCC1. The number of hydrogen-bond acceptors (Lipinski definition) is 2. The highest BCUT2D eigenvalue weighted by molar-refractivity contribution is 5.96. The molecule has 0 aromatic heterocycles. The molecule has 1 amide bonds. The molecule has 19 heavy (non-hydrogen) atoms. The first-order chi connectivity index (χ1) is 9.06. The fraction of sp³-hybridized carbons (Fsp3) is 0.333. The summed E-state index contributed by atoms with van der Waals surface area (Å²) >= 11 is 0. The van der Waals surface area contributed by atoms with Gasteiger partial charge in [0.1, 0.15) is 0 Å². The van der Waals surface area contributed by atoms with Gasteiger partial charge in [-0.3, -0.25) is 4.79 Å². The molecular formula is C15H17NO3. The quantitative estimate of drug-likeness (QED) is 0.817. The molecular weight excluding hydrogens is 242 g/mol. The van der Waals surface area contributed by atoms with E-state index in [9.17, 15) is 9.59 Å². The Morgan fingerprint density at radius 1 is 1.16 bits per heavy atom. The van der Waals surface area contributed by atoms with E-state index in [1.54, 1.807) is 0 Å². The highest BCUT2D eigenvalue weighted by Gasteiger charge is 2.32. The predicted octanol–water partition coefficient (Wildman–Crippen LogP) is 2.61. The normalized spacial score (nSPS) is 16.8. The largest absolute Gasteiger partial charge is 0.478 e. The van der Waals surface area contributed by atoms with Crippen LogP contribution in [0.2, 0.25) is 0 Å². The molecule has 1 aromatic rings. The number of carboxylic acids is 1. The minimum Gasteiger partial charge on any atom is -0.478 e. The smallest absolute Gasteiger partial charge is 0.335 e. The van der Waals surface area contributed by atoms with Gasteiger partial charge in [0.05, 0.1) is 11.1 Å². The van der Waals surface area contributed by atoms with Crippen molar-refractivity contribution in [2.45, 2.75) is 31.2 Å². The molecule has 0 aliphatic heterocycles. The van der Waals surface area contributed by atoms with Crippen LogP contribution in [0.5, 0.6) is 0 Å². The molecule has 1 aliphatic carbocycles. The van der Waals surface area contributed by atoms with Gasteiger partial charge in [-0.15, -0.1) is 6.58 Å². The summed E-state index contributed by atoms with van der Waals surface area (Å²) in [7, 11) is 0. The average Bonchev–Trinajstić information content (AvgIpc) is 2.88. The first kappa shape index (κ1) is 13.3. The van der Waals surface area contributed by atoms with Crippen molar-refractivity contribution < 1.29 is 14.7 Å². The van der Waals surface area contributed by atoms with Crippen molar-refractivity contribution in [3.63, 3.8) is 0 Å². The van der Waals surface area contributed by atoms with E-state index in [-0.39, 0.29) is 17.0 Å². The fourth-order valence-electron chi connectivity index (χ4n) is 2.45. The Labute approximate surface area is 112 Å². The lowest BCUT2D eigenvalue weighted by Crippen LogP contribution is -2.44. The van der Waals surface area contributed by atoms with Crippen molar-refractivity contribution in [2.75, 3.05) is 0 Å². The number of aromatic carboxylic acids is 1. The van der Waals surface area contributed by atoms with Crippen LogP contribution >= 0.6 is 0 Å². The zero-order chi connectivity index (χ0) is 13.9. The maximum absolute atomic E-state index is 12.1. The van der Waals surface area contributed by atoms with Crippen LogP contribution in [-0.4, -0.2) is 22.5 Å².